The fourth-order valence-electron chi connectivity index (χ4n) is 8.41. The predicted octanol–water partition coefficient (Wildman–Crippen LogP) is 7.34. The Kier molecular flexibility index (Phi) is 12.4. The van der Waals surface area contributed by atoms with E-state index in [4.69, 9.17) is 9.47 Å². The molecule has 2 aliphatic rings. The molecule has 314 valence electrons. The first kappa shape index (κ1) is 41.7. The summed E-state index contributed by atoms with van der Waals surface area (Å²) in [5, 5.41) is 5.94. The minimum atomic E-state index is -0.751. The Hall–Kier alpha value is -6.44. The summed E-state index contributed by atoms with van der Waals surface area (Å²) in [6, 6.07) is 21.8. The van der Waals surface area contributed by atoms with Crippen molar-refractivity contribution in [3.8, 4) is 33.5 Å². The van der Waals surface area contributed by atoms with Crippen LogP contribution in [0.2, 0.25) is 0 Å². The molecule has 2 aromatic heterocycles. The number of hydrogen-bond donors (Lipinski definition) is 4. The highest BCUT2D eigenvalue weighted by atomic mass is 16.5. The number of rotatable bonds is 11. The zero-order valence-corrected chi connectivity index (χ0v) is 34.9. The molecule has 0 aliphatic carbocycles. The number of fused-ring (bicyclic) bond motifs is 1. The van der Waals surface area contributed by atoms with Gasteiger partial charge in [0, 0.05) is 30.2 Å². The molecule has 0 bridgehead atoms. The topological polar surface area (TPSA) is 179 Å². The summed E-state index contributed by atoms with van der Waals surface area (Å²) in [6.07, 6.45) is 3.59. The van der Waals surface area contributed by atoms with Crippen molar-refractivity contribution >= 4 is 34.9 Å². The summed E-state index contributed by atoms with van der Waals surface area (Å²) in [5.74, 6) is 0.0927. The molecule has 4 amide bonds. The van der Waals surface area contributed by atoms with Crippen LogP contribution in [0.3, 0.4) is 0 Å². The molecule has 4 N–H and O–H groups in total. The third-order valence-corrected chi connectivity index (χ3v) is 11.7. The largest absolute Gasteiger partial charge is 0.453 e. The number of nitrogens with one attached hydrogen (secondary N) is 4. The third-order valence-electron chi connectivity index (χ3n) is 11.7. The average molecular weight is 816 g/mol. The van der Waals surface area contributed by atoms with Gasteiger partial charge in [0.1, 0.15) is 17.9 Å². The fraction of sp³-hybridized carbons (Fsp3) is 0.391. The van der Waals surface area contributed by atoms with E-state index in [1.54, 1.807) is 22.1 Å². The maximum Gasteiger partial charge on any atom is 0.407 e. The van der Waals surface area contributed by atoms with Crippen molar-refractivity contribution in [2.24, 2.45) is 11.8 Å². The molecular weight excluding hydrogens is 763 g/mol. The average Bonchev–Trinajstić information content (AvgIpc) is 4.06. The first-order chi connectivity index (χ1) is 28.9. The van der Waals surface area contributed by atoms with Gasteiger partial charge in [-0.2, -0.15) is 0 Å². The lowest BCUT2D eigenvalue weighted by Gasteiger charge is -2.31. The van der Waals surface area contributed by atoms with E-state index < -0.39 is 24.3 Å². The van der Waals surface area contributed by atoms with E-state index in [1.807, 2.05) is 58.0 Å². The summed E-state index contributed by atoms with van der Waals surface area (Å²) >= 11 is 0. The second-order valence-electron chi connectivity index (χ2n) is 16.3. The van der Waals surface area contributed by atoms with E-state index in [2.05, 4.69) is 62.0 Å². The zero-order chi connectivity index (χ0) is 42.7. The molecule has 4 heterocycles. The number of imidazole rings is 1. The lowest BCUT2D eigenvalue weighted by atomic mass is 9.98. The monoisotopic (exact) mass is 815 g/mol. The van der Waals surface area contributed by atoms with Gasteiger partial charge in [0.05, 0.1) is 43.7 Å². The Morgan fingerprint density at radius 1 is 0.667 bits per heavy atom. The molecule has 2 fully saturated rings. The van der Waals surface area contributed by atoms with Crippen LogP contribution in [0.5, 0.6) is 0 Å². The van der Waals surface area contributed by atoms with Crippen molar-refractivity contribution in [1.29, 1.82) is 0 Å². The van der Waals surface area contributed by atoms with Crippen molar-refractivity contribution in [2.45, 2.75) is 77.5 Å². The number of hydrogen-bond acceptors (Lipinski definition) is 8. The van der Waals surface area contributed by atoms with Crippen LogP contribution in [0.25, 0.3) is 44.4 Å². The Balaban J connectivity index is 1.05. The normalized spacial score (nSPS) is 17.5. The van der Waals surface area contributed by atoms with Gasteiger partial charge in [-0.25, -0.2) is 14.6 Å². The second-order valence-corrected chi connectivity index (χ2v) is 16.3. The highest BCUT2D eigenvalue weighted by Gasteiger charge is 2.38. The number of pyridine rings is 1. The highest BCUT2D eigenvalue weighted by Crippen LogP contribution is 2.35. The van der Waals surface area contributed by atoms with Crippen molar-refractivity contribution in [3.63, 3.8) is 0 Å². The van der Waals surface area contributed by atoms with Crippen LogP contribution in [0.4, 0.5) is 9.59 Å². The molecule has 1 unspecified atom stereocenters. The maximum absolute atomic E-state index is 13.7. The van der Waals surface area contributed by atoms with Crippen LogP contribution in [-0.4, -0.2) is 88.1 Å². The molecule has 3 aromatic carbocycles. The molecule has 2 aliphatic heterocycles. The van der Waals surface area contributed by atoms with Crippen molar-refractivity contribution < 1.29 is 28.7 Å². The minimum absolute atomic E-state index is 0.114. The summed E-state index contributed by atoms with van der Waals surface area (Å²) in [4.78, 5) is 79.8. The lowest BCUT2D eigenvalue weighted by molar-refractivity contribution is -0.136. The number of aromatic amines is 2. The van der Waals surface area contributed by atoms with Gasteiger partial charge in [-0.3, -0.25) is 14.4 Å². The Bertz CT molecular complexity index is 2420. The first-order valence-electron chi connectivity index (χ1n) is 20.6. The Labute approximate surface area is 349 Å². The number of carbonyl (C=O) groups excluding carboxylic acids is 4. The number of alkyl carbamates (subject to hydrolysis) is 2. The van der Waals surface area contributed by atoms with Gasteiger partial charge < -0.3 is 39.9 Å². The summed E-state index contributed by atoms with van der Waals surface area (Å²) in [5.41, 5.74) is 7.05. The van der Waals surface area contributed by atoms with E-state index in [9.17, 15) is 24.0 Å². The number of likely N-dealkylation sites (tertiary alicyclic amines) is 2. The van der Waals surface area contributed by atoms with Gasteiger partial charge in [0.15, 0.2) is 5.43 Å². The van der Waals surface area contributed by atoms with Crippen LogP contribution >= 0.6 is 0 Å². The summed E-state index contributed by atoms with van der Waals surface area (Å²) < 4.78 is 9.52. The second kappa shape index (κ2) is 17.8. The molecule has 0 saturated carbocycles. The number of amides is 4. The number of nitrogens with zero attached hydrogens (tertiary/aromatic N) is 3. The van der Waals surface area contributed by atoms with E-state index in [-0.39, 0.29) is 41.2 Å². The van der Waals surface area contributed by atoms with Gasteiger partial charge in [0.25, 0.3) is 0 Å². The van der Waals surface area contributed by atoms with Crippen LogP contribution in [-0.2, 0) is 19.1 Å². The van der Waals surface area contributed by atoms with Gasteiger partial charge in [-0.15, -0.1) is 0 Å². The molecular formula is C46H53N7O7. The van der Waals surface area contributed by atoms with Gasteiger partial charge >= 0.3 is 12.2 Å². The molecule has 14 nitrogen and oxygen atoms in total. The van der Waals surface area contributed by atoms with Crippen molar-refractivity contribution in [1.82, 2.24) is 35.4 Å². The van der Waals surface area contributed by atoms with Gasteiger partial charge in [-0.05, 0) is 77.5 Å². The van der Waals surface area contributed by atoms with E-state index >= 15 is 0 Å². The predicted molar refractivity (Wildman–Crippen MR) is 229 cm³/mol. The number of H-pyrrole nitrogens is 2. The molecule has 14 heteroatoms. The SMILES string of the molecule is COC(=O)N[C@H](C(=O)N1CCCC1c1cc(=O)c2ccc(-c3ccc(-c4ccc(-c5cnc([C@@H]6CCCN6C(=O)[C@@H](NC(=O)OC)C(C)C)[nH]5)cc4)cc3)cc2[nH]1)C(C)C. The molecule has 0 spiro atoms. The third kappa shape index (κ3) is 8.63. The zero-order valence-electron chi connectivity index (χ0n) is 34.9. The lowest BCUT2D eigenvalue weighted by Crippen LogP contribution is -2.51. The fourth-order valence-corrected chi connectivity index (χ4v) is 8.41. The Morgan fingerprint density at radius 2 is 1.15 bits per heavy atom. The summed E-state index contributed by atoms with van der Waals surface area (Å²) in [7, 11) is 2.56. The van der Waals surface area contributed by atoms with Crippen LogP contribution < -0.4 is 16.1 Å². The number of methoxy groups -OCH3 is 2. The number of ether oxygens (including phenoxy) is 2. The van der Waals surface area contributed by atoms with E-state index in [0.29, 0.717) is 41.9 Å². The number of aromatic nitrogens is 3. The number of benzene rings is 3. The van der Waals surface area contributed by atoms with E-state index in [0.717, 1.165) is 52.8 Å². The van der Waals surface area contributed by atoms with Crippen LogP contribution in [0.15, 0.2) is 83.8 Å². The van der Waals surface area contributed by atoms with Crippen molar-refractivity contribution in [3.05, 3.63) is 101 Å². The molecule has 2 saturated heterocycles. The molecule has 0 radical (unpaired) electrons. The quantitative estimate of drug-likeness (QED) is 0.107. The van der Waals surface area contributed by atoms with Gasteiger partial charge in [-0.1, -0.05) is 82.3 Å². The van der Waals surface area contributed by atoms with E-state index in [1.165, 1.54) is 14.2 Å². The highest BCUT2D eigenvalue weighted by molar-refractivity contribution is 5.88. The molecule has 5 aromatic rings. The van der Waals surface area contributed by atoms with Gasteiger partial charge in [0.2, 0.25) is 11.8 Å². The maximum atomic E-state index is 13.7. The summed E-state index contributed by atoms with van der Waals surface area (Å²) in [6.45, 7) is 8.65. The molecule has 4 atom stereocenters. The standard InChI is InChI=1S/C46H53N7O7/c1-26(2)40(50-45(57)59-5)43(55)52-21-7-9-37(52)35-24-39(54)33-20-19-32(23-34(33)48-35)30-13-11-28(12-14-30)29-15-17-31(18-16-29)36-25-47-42(49-36)38-10-8-22-53(38)44(56)41(27(3)4)51-46(58)60-6/h11-20,23-27,37-38,40-41H,7-10,21-22H2,1-6H3,(H,47,49)(H,48,54)(H,50,57)(H,51,58)/t37?,38-,40-,41-/m0/s1. The molecule has 7 rings (SSSR count). The van der Waals surface area contributed by atoms with Crippen molar-refractivity contribution in [2.75, 3.05) is 27.3 Å². The first-order valence-corrected chi connectivity index (χ1v) is 20.6. The molecule has 60 heavy (non-hydrogen) atoms. The number of carbonyl (C=O) groups is 4. The smallest absolute Gasteiger partial charge is 0.407 e. The Morgan fingerprint density at radius 3 is 1.68 bits per heavy atom. The minimum Gasteiger partial charge on any atom is -0.453 e. The van der Waals surface area contributed by atoms with Crippen LogP contribution in [0.1, 0.15) is 77.0 Å². The van der Waals surface area contributed by atoms with Crippen LogP contribution in [0, 0.1) is 11.8 Å².